The van der Waals surface area contributed by atoms with Crippen molar-refractivity contribution in [2.24, 2.45) is 22.1 Å². The first-order chi connectivity index (χ1) is 23.8. The highest BCUT2D eigenvalue weighted by molar-refractivity contribution is 6.05. The van der Waals surface area contributed by atoms with Crippen molar-refractivity contribution in [1.29, 1.82) is 10.8 Å². The third-order valence-electron chi connectivity index (χ3n) is 8.92. The van der Waals surface area contributed by atoms with Gasteiger partial charge in [-0.2, -0.15) is 0 Å². The summed E-state index contributed by atoms with van der Waals surface area (Å²) in [5.41, 5.74) is 9.69. The molecule has 0 unspecified atom stereocenters. The summed E-state index contributed by atoms with van der Waals surface area (Å²) < 4.78 is 28.2. The lowest BCUT2D eigenvalue weighted by Crippen LogP contribution is -2.42. The number of amidine groups is 1. The third-order valence-corrected chi connectivity index (χ3v) is 8.92. The van der Waals surface area contributed by atoms with E-state index in [0.29, 0.717) is 61.1 Å². The molecule has 1 aliphatic heterocycles. The van der Waals surface area contributed by atoms with E-state index in [9.17, 15) is 9.18 Å². The van der Waals surface area contributed by atoms with Crippen molar-refractivity contribution in [2.45, 2.75) is 66.2 Å². The number of benzene rings is 2. The van der Waals surface area contributed by atoms with Crippen LogP contribution in [0.25, 0.3) is 0 Å². The van der Waals surface area contributed by atoms with E-state index >= 15 is 0 Å². The van der Waals surface area contributed by atoms with Gasteiger partial charge >= 0.3 is 6.03 Å². The minimum Gasteiger partial charge on any atom is -0.484 e. The molecule has 12 heteroatoms. The zero-order valence-corrected chi connectivity index (χ0v) is 29.6. The Bertz CT molecular complexity index is 1820. The maximum Gasteiger partial charge on any atom is 0.320 e. The molecule has 2 amide bonds. The van der Waals surface area contributed by atoms with Gasteiger partial charge in [0.25, 0.3) is 0 Å². The summed E-state index contributed by atoms with van der Waals surface area (Å²) in [6, 6.07) is 15.2. The van der Waals surface area contributed by atoms with E-state index in [0.717, 1.165) is 24.2 Å². The van der Waals surface area contributed by atoms with E-state index < -0.39 is 6.03 Å². The lowest BCUT2D eigenvalue weighted by molar-refractivity contribution is 0.0337. The maximum atomic E-state index is 14.8. The molecule has 11 nitrogen and oxygen atoms in total. The molecule has 50 heavy (non-hydrogen) atoms. The molecule has 1 fully saturated rings. The Morgan fingerprint density at radius 3 is 2.54 bits per heavy atom. The Kier molecular flexibility index (Phi) is 11.5. The predicted octanol–water partition coefficient (Wildman–Crippen LogP) is 6.29. The van der Waals surface area contributed by atoms with Gasteiger partial charge < -0.3 is 20.5 Å². The van der Waals surface area contributed by atoms with Crippen molar-refractivity contribution in [3.8, 4) is 5.75 Å². The summed E-state index contributed by atoms with van der Waals surface area (Å²) in [5.74, 6) is 0.755. The number of morpholine rings is 1. The van der Waals surface area contributed by atoms with E-state index in [1.807, 2.05) is 58.9 Å². The average molecular weight is 685 g/mol. The molecule has 0 spiro atoms. The number of hydrogen-bond acceptors (Lipinski definition) is 8. The molecule has 266 valence electrons. The number of ether oxygens (including phenoxy) is 2. The van der Waals surface area contributed by atoms with E-state index in [1.54, 1.807) is 36.5 Å². The first-order valence-electron chi connectivity index (χ1n) is 17.1. The number of nitrogens with zero attached hydrogens (tertiary/aromatic N) is 3. The number of aliphatic imine (C=N–C) groups is 1. The van der Waals surface area contributed by atoms with Crippen LogP contribution in [0.3, 0.4) is 0 Å². The molecule has 6 N–H and O–H groups in total. The lowest BCUT2D eigenvalue weighted by atomic mass is 9.85. The summed E-state index contributed by atoms with van der Waals surface area (Å²) in [5, 5.41) is 22.7. The van der Waals surface area contributed by atoms with Crippen molar-refractivity contribution in [2.75, 3.05) is 26.3 Å². The van der Waals surface area contributed by atoms with Gasteiger partial charge in [-0.1, -0.05) is 58.9 Å². The second kappa shape index (κ2) is 15.8. The van der Waals surface area contributed by atoms with Gasteiger partial charge in [-0.3, -0.25) is 25.6 Å². The number of rotatable bonds is 8. The Morgan fingerprint density at radius 2 is 1.84 bits per heavy atom. The molecular formula is C38H49FN8O3. The number of fused-ring (bicyclic) bond motifs is 1. The number of nitrogens with one attached hydrogen (secondary N) is 4. The fourth-order valence-electron chi connectivity index (χ4n) is 5.88. The Hall–Kier alpha value is -4.81. The van der Waals surface area contributed by atoms with Crippen LogP contribution in [-0.4, -0.2) is 53.5 Å². The van der Waals surface area contributed by atoms with E-state index in [1.165, 1.54) is 10.6 Å². The van der Waals surface area contributed by atoms with Crippen LogP contribution >= 0.6 is 0 Å². The minimum atomic E-state index is -0.448. The van der Waals surface area contributed by atoms with Crippen LogP contribution in [0.5, 0.6) is 5.75 Å². The fraction of sp³-hybridized carbons (Fsp3) is 0.421. The molecule has 3 aromatic rings. The summed E-state index contributed by atoms with van der Waals surface area (Å²) >= 11 is 0. The van der Waals surface area contributed by atoms with Gasteiger partial charge in [0.15, 0.2) is 0 Å². The Labute approximate surface area is 293 Å². The fourth-order valence-corrected chi connectivity index (χ4v) is 5.88. The number of amides is 2. The first kappa shape index (κ1) is 36.5. The molecule has 2 aromatic carbocycles. The molecule has 0 radical (unpaired) electrons. The Morgan fingerprint density at radius 1 is 1.12 bits per heavy atom. The van der Waals surface area contributed by atoms with Gasteiger partial charge in [-0.15, -0.1) is 0 Å². The van der Waals surface area contributed by atoms with Crippen molar-refractivity contribution in [3.63, 3.8) is 0 Å². The standard InChI is InChI=1S/C38H49FN8O3/c1-24(2)36(42)47-23-27(11-15-34(47)41)50-32-14-13-31(28-8-6-7-9-29(28)32)44-37(48)45-35(21-33(40)38(3,4)5)43-26-10-12-30(39)25(20-26)22-46-16-18-49-19-17-46/h6-12,15,20-21,23-24,31-32,41-42H,13-14,16-19,22,40H2,1-5H3,(H2,43,44,45,48)/b33-21-,41-34?,42-36?/t31-,32+/m0/s1. The van der Waals surface area contributed by atoms with Gasteiger partial charge in [0.2, 0.25) is 0 Å². The van der Waals surface area contributed by atoms with Crippen LogP contribution in [0.1, 0.15) is 76.3 Å². The topological polar surface area (TPSA) is 154 Å². The van der Waals surface area contributed by atoms with Gasteiger partial charge in [0.1, 0.15) is 34.8 Å². The van der Waals surface area contributed by atoms with Crippen molar-refractivity contribution in [3.05, 3.63) is 101 Å². The zero-order valence-electron chi connectivity index (χ0n) is 29.6. The highest BCUT2D eigenvalue weighted by Gasteiger charge is 2.30. The molecular weight excluding hydrogens is 635 g/mol. The second-order valence-corrected chi connectivity index (χ2v) is 14.1. The van der Waals surface area contributed by atoms with Gasteiger partial charge in [0, 0.05) is 48.3 Å². The van der Waals surface area contributed by atoms with Crippen molar-refractivity contribution in [1.82, 2.24) is 20.1 Å². The molecule has 5 rings (SSSR count). The quantitative estimate of drug-likeness (QED) is 0.139. The van der Waals surface area contributed by atoms with Gasteiger partial charge in [-0.05, 0) is 54.3 Å². The number of halogens is 1. The predicted molar refractivity (Wildman–Crippen MR) is 193 cm³/mol. The van der Waals surface area contributed by atoms with Crippen LogP contribution in [0.15, 0.2) is 77.6 Å². The summed E-state index contributed by atoms with van der Waals surface area (Å²) in [4.78, 5) is 20.4. The molecule has 1 aromatic heterocycles. The summed E-state index contributed by atoms with van der Waals surface area (Å²) in [6.45, 7) is 12.9. The first-order valence-corrected chi connectivity index (χ1v) is 17.1. The monoisotopic (exact) mass is 684 g/mol. The number of hydrogen-bond donors (Lipinski definition) is 5. The largest absolute Gasteiger partial charge is 0.484 e. The number of pyridine rings is 1. The second-order valence-electron chi connectivity index (χ2n) is 14.1. The molecule has 0 bridgehead atoms. The van der Waals surface area contributed by atoms with Crippen LogP contribution < -0.4 is 26.6 Å². The highest BCUT2D eigenvalue weighted by atomic mass is 19.1. The molecule has 1 aliphatic carbocycles. The number of carbonyl (C=O) groups excluding carboxylic acids is 1. The van der Waals surface area contributed by atoms with Crippen LogP contribution in [-0.2, 0) is 11.3 Å². The van der Waals surface area contributed by atoms with Crippen molar-refractivity contribution < 1.29 is 18.7 Å². The maximum absolute atomic E-state index is 14.8. The molecule has 2 atom stereocenters. The smallest absolute Gasteiger partial charge is 0.320 e. The SMILES string of the molecule is CC(C)C(=N)n1cc(O[C@@H]2CC[C@H](NC(=O)NC(/C=C(\N)C(C)(C)C)=Nc3ccc(F)c(CN4CCOCC4)c3)c3ccccc32)ccc1=N. The minimum absolute atomic E-state index is 0.0489. The summed E-state index contributed by atoms with van der Waals surface area (Å²) in [6.07, 6.45) is 4.31. The zero-order chi connectivity index (χ0) is 36.0. The van der Waals surface area contributed by atoms with Crippen LogP contribution in [0.4, 0.5) is 14.9 Å². The number of nitrogens with two attached hydrogens (primary N) is 1. The molecule has 1 saturated heterocycles. The van der Waals surface area contributed by atoms with Crippen LogP contribution in [0, 0.1) is 28.0 Å². The molecule has 0 saturated carbocycles. The van der Waals surface area contributed by atoms with E-state index in [4.69, 9.17) is 31.0 Å². The average Bonchev–Trinajstić information content (AvgIpc) is 3.07. The molecule has 2 heterocycles. The van der Waals surface area contributed by atoms with E-state index in [2.05, 4.69) is 15.5 Å². The van der Waals surface area contributed by atoms with Gasteiger partial charge in [-0.25, -0.2) is 14.2 Å². The van der Waals surface area contributed by atoms with E-state index in [-0.39, 0.29) is 40.6 Å². The Balaban J connectivity index is 1.34. The lowest BCUT2D eigenvalue weighted by Gasteiger charge is -2.32. The highest BCUT2D eigenvalue weighted by Crippen LogP contribution is 2.38. The number of aromatic nitrogens is 1. The normalized spacial score (nSPS) is 18.8. The number of carbonyl (C=O) groups is 1. The number of allylic oxidation sites excluding steroid dienone is 1. The number of urea groups is 1. The van der Waals surface area contributed by atoms with Gasteiger partial charge in [0.05, 0.1) is 31.1 Å². The van der Waals surface area contributed by atoms with Crippen LogP contribution in [0.2, 0.25) is 0 Å². The van der Waals surface area contributed by atoms with Crippen molar-refractivity contribution >= 4 is 23.4 Å². The third kappa shape index (κ3) is 9.25. The molecule has 2 aliphatic rings. The summed E-state index contributed by atoms with van der Waals surface area (Å²) in [7, 11) is 0.